The van der Waals surface area contributed by atoms with Crippen LogP contribution in [0.15, 0.2) is 12.5 Å². The van der Waals surface area contributed by atoms with Gasteiger partial charge < -0.3 is 36.1 Å². The zero-order valence-corrected chi connectivity index (χ0v) is 11.3. The first-order valence-electron chi connectivity index (χ1n) is 6.49. The van der Waals surface area contributed by atoms with Crippen LogP contribution in [-0.4, -0.2) is 60.7 Å². The quantitative estimate of drug-likeness (QED) is 0.422. The highest BCUT2D eigenvalue weighted by molar-refractivity contribution is 6.08. The third-order valence-electron chi connectivity index (χ3n) is 3.70. The van der Waals surface area contributed by atoms with Crippen molar-refractivity contribution in [3.8, 4) is 0 Å². The number of fused-ring (bicyclic) bond motifs is 1. The van der Waals surface area contributed by atoms with E-state index in [9.17, 15) is 15.0 Å². The van der Waals surface area contributed by atoms with Crippen molar-refractivity contribution in [1.82, 2.24) is 14.5 Å². The Balaban J connectivity index is 2.16. The fourth-order valence-corrected chi connectivity index (χ4v) is 2.60. The van der Waals surface area contributed by atoms with Gasteiger partial charge in [0.05, 0.1) is 17.6 Å². The number of nitrogen functional groups attached to an aromatic ring is 1. The molecule has 1 saturated heterocycles. The van der Waals surface area contributed by atoms with Crippen molar-refractivity contribution in [3.05, 3.63) is 18.1 Å². The largest absolute Gasteiger partial charge is 0.394 e. The molecule has 4 atom stereocenters. The second-order valence-electron chi connectivity index (χ2n) is 5.00. The molecule has 1 amide bonds. The summed E-state index contributed by atoms with van der Waals surface area (Å²) in [6.45, 7) is -0.465. The number of carbonyl (C=O) groups excluding carboxylic acids is 1. The first-order chi connectivity index (χ1) is 10.5. The van der Waals surface area contributed by atoms with E-state index < -0.39 is 37.1 Å². The third-order valence-corrected chi connectivity index (χ3v) is 3.70. The van der Waals surface area contributed by atoms with Gasteiger partial charge in [-0.25, -0.2) is 9.97 Å². The SMILES string of the molecule is NC(=O)c1cn([C@H]2O[C@@H](CO)[C@@H](O)[C@H]2O)c2ncnc(N)c12. The Morgan fingerprint density at radius 1 is 1.36 bits per heavy atom. The van der Waals surface area contributed by atoms with Crippen molar-refractivity contribution in [1.29, 1.82) is 0 Å². The van der Waals surface area contributed by atoms with Crippen molar-refractivity contribution in [2.45, 2.75) is 24.5 Å². The summed E-state index contributed by atoms with van der Waals surface area (Å²) >= 11 is 0. The van der Waals surface area contributed by atoms with Crippen LogP contribution in [0.5, 0.6) is 0 Å². The van der Waals surface area contributed by atoms with Gasteiger partial charge in [-0.2, -0.15) is 0 Å². The van der Waals surface area contributed by atoms with Crippen molar-refractivity contribution in [3.63, 3.8) is 0 Å². The van der Waals surface area contributed by atoms with Crippen molar-refractivity contribution in [2.75, 3.05) is 12.3 Å². The zero-order chi connectivity index (χ0) is 16.0. The fourth-order valence-electron chi connectivity index (χ4n) is 2.60. The molecule has 0 spiro atoms. The normalized spacial score (nSPS) is 28.3. The van der Waals surface area contributed by atoms with E-state index in [1.807, 2.05) is 0 Å². The van der Waals surface area contributed by atoms with Crippen LogP contribution in [0.4, 0.5) is 5.82 Å². The van der Waals surface area contributed by atoms with Crippen LogP contribution in [0.2, 0.25) is 0 Å². The number of aliphatic hydroxyl groups is 3. The van der Waals surface area contributed by atoms with Gasteiger partial charge in [0.1, 0.15) is 36.1 Å². The number of aliphatic hydroxyl groups excluding tert-OH is 3. The standard InChI is InChI=1S/C12H15N5O5/c13-9-6-4(10(14)21)1-17(11(6)16-3-15-9)12-8(20)7(19)5(2-18)22-12/h1,3,5,7-8,12,18-20H,2H2,(H2,14,21)(H2,13,15,16)/t5-,7+,8+,12-/m0/s1. The zero-order valence-electron chi connectivity index (χ0n) is 11.3. The van der Waals surface area contributed by atoms with Gasteiger partial charge in [-0.15, -0.1) is 0 Å². The number of anilines is 1. The molecule has 10 nitrogen and oxygen atoms in total. The highest BCUT2D eigenvalue weighted by Gasteiger charge is 2.44. The molecule has 0 unspecified atom stereocenters. The van der Waals surface area contributed by atoms with Gasteiger partial charge in [0.25, 0.3) is 5.91 Å². The summed E-state index contributed by atoms with van der Waals surface area (Å²) in [5.74, 6) is -0.679. The molecular weight excluding hydrogens is 294 g/mol. The van der Waals surface area contributed by atoms with Crippen LogP contribution in [-0.2, 0) is 4.74 Å². The van der Waals surface area contributed by atoms with E-state index in [-0.39, 0.29) is 22.4 Å². The van der Waals surface area contributed by atoms with Crippen molar-refractivity contribution in [2.24, 2.45) is 5.73 Å². The van der Waals surface area contributed by atoms with Crippen LogP contribution in [0.25, 0.3) is 11.0 Å². The molecule has 2 aromatic rings. The molecule has 118 valence electrons. The number of hydrogen-bond donors (Lipinski definition) is 5. The maximum Gasteiger partial charge on any atom is 0.251 e. The Kier molecular flexibility index (Phi) is 3.45. The van der Waals surface area contributed by atoms with Crippen LogP contribution in [0.3, 0.4) is 0 Å². The molecule has 2 aromatic heterocycles. The second-order valence-corrected chi connectivity index (χ2v) is 5.00. The molecular formula is C12H15N5O5. The lowest BCUT2D eigenvalue weighted by atomic mass is 10.1. The second kappa shape index (κ2) is 5.18. The number of amides is 1. The first kappa shape index (κ1) is 14.7. The molecule has 0 radical (unpaired) electrons. The van der Waals surface area contributed by atoms with Crippen LogP contribution >= 0.6 is 0 Å². The number of carbonyl (C=O) groups is 1. The number of primary amides is 1. The minimum absolute atomic E-state index is 0.0595. The summed E-state index contributed by atoms with van der Waals surface area (Å²) in [5.41, 5.74) is 11.4. The van der Waals surface area contributed by atoms with Crippen LogP contribution in [0.1, 0.15) is 16.6 Å². The average molecular weight is 309 g/mol. The Bertz CT molecular complexity index is 732. The predicted octanol–water partition coefficient (Wildman–Crippen LogP) is -2.28. The summed E-state index contributed by atoms with van der Waals surface area (Å²) in [5, 5.41) is 29.3. The molecule has 0 bridgehead atoms. The van der Waals surface area contributed by atoms with Gasteiger partial charge in [0.2, 0.25) is 0 Å². The first-order valence-corrected chi connectivity index (χ1v) is 6.49. The van der Waals surface area contributed by atoms with E-state index in [4.69, 9.17) is 21.3 Å². The minimum atomic E-state index is -1.32. The summed E-state index contributed by atoms with van der Waals surface area (Å²) in [4.78, 5) is 19.4. The van der Waals surface area contributed by atoms with Crippen molar-refractivity contribution >= 4 is 22.8 Å². The number of rotatable bonds is 3. The molecule has 1 aliphatic rings. The Morgan fingerprint density at radius 2 is 2.09 bits per heavy atom. The van der Waals surface area contributed by atoms with Gasteiger partial charge in [-0.05, 0) is 0 Å². The number of ether oxygens (including phenoxy) is 1. The molecule has 3 rings (SSSR count). The third kappa shape index (κ3) is 2.01. The van der Waals surface area contributed by atoms with Gasteiger partial charge in [-0.3, -0.25) is 4.79 Å². The van der Waals surface area contributed by atoms with Gasteiger partial charge in [0, 0.05) is 6.20 Å². The topological polar surface area (TPSA) is 170 Å². The molecule has 0 saturated carbocycles. The molecule has 0 aliphatic carbocycles. The average Bonchev–Trinajstić information content (AvgIpc) is 3.00. The summed E-state index contributed by atoms with van der Waals surface area (Å²) < 4.78 is 6.77. The van der Waals surface area contributed by atoms with Gasteiger partial charge in [0.15, 0.2) is 6.23 Å². The number of hydrogen-bond acceptors (Lipinski definition) is 8. The molecule has 22 heavy (non-hydrogen) atoms. The smallest absolute Gasteiger partial charge is 0.251 e. The number of aromatic nitrogens is 3. The molecule has 7 N–H and O–H groups in total. The van der Waals surface area contributed by atoms with Crippen LogP contribution in [0, 0.1) is 0 Å². The van der Waals surface area contributed by atoms with Gasteiger partial charge in [-0.1, -0.05) is 0 Å². The lowest BCUT2D eigenvalue weighted by Crippen LogP contribution is -2.33. The van der Waals surface area contributed by atoms with E-state index in [2.05, 4.69) is 9.97 Å². The Labute approximate surface area is 123 Å². The van der Waals surface area contributed by atoms with E-state index in [1.165, 1.54) is 17.1 Å². The highest BCUT2D eigenvalue weighted by atomic mass is 16.6. The fraction of sp³-hybridized carbons (Fsp3) is 0.417. The van der Waals surface area contributed by atoms with E-state index in [0.717, 1.165) is 0 Å². The lowest BCUT2D eigenvalue weighted by Gasteiger charge is -2.17. The maximum absolute atomic E-state index is 11.6. The number of nitrogens with two attached hydrogens (primary N) is 2. The van der Waals surface area contributed by atoms with E-state index in [0.29, 0.717) is 0 Å². The summed E-state index contributed by atoms with van der Waals surface area (Å²) in [7, 11) is 0. The monoisotopic (exact) mass is 309 g/mol. The molecule has 3 heterocycles. The molecule has 1 fully saturated rings. The van der Waals surface area contributed by atoms with Crippen molar-refractivity contribution < 1.29 is 24.9 Å². The molecule has 1 aliphatic heterocycles. The Morgan fingerprint density at radius 3 is 2.68 bits per heavy atom. The van der Waals surface area contributed by atoms with E-state index >= 15 is 0 Å². The van der Waals surface area contributed by atoms with Crippen LogP contribution < -0.4 is 11.5 Å². The summed E-state index contributed by atoms with van der Waals surface area (Å²) in [6, 6.07) is 0. The predicted molar refractivity (Wildman–Crippen MR) is 73.5 cm³/mol. The minimum Gasteiger partial charge on any atom is -0.394 e. The van der Waals surface area contributed by atoms with Gasteiger partial charge >= 0.3 is 0 Å². The molecule has 0 aromatic carbocycles. The lowest BCUT2D eigenvalue weighted by molar-refractivity contribution is -0.0508. The highest BCUT2D eigenvalue weighted by Crippen LogP contribution is 2.34. The Hall–Kier alpha value is -2.27. The van der Waals surface area contributed by atoms with E-state index in [1.54, 1.807) is 0 Å². The number of nitrogens with zero attached hydrogens (tertiary/aromatic N) is 3. The molecule has 10 heteroatoms. The maximum atomic E-state index is 11.6. The summed E-state index contributed by atoms with van der Waals surface area (Å²) in [6.07, 6.45) is -2.06.